The number of rotatable bonds is 2. The summed E-state index contributed by atoms with van der Waals surface area (Å²) < 4.78 is 5.44. The summed E-state index contributed by atoms with van der Waals surface area (Å²) in [6, 6.07) is 6.56. The molecule has 5 nitrogen and oxygen atoms in total. The molecule has 0 bridgehead atoms. The van der Waals surface area contributed by atoms with Crippen molar-refractivity contribution in [3.63, 3.8) is 0 Å². The molecule has 1 atom stereocenters. The highest BCUT2D eigenvalue weighted by Gasteiger charge is 2.25. The highest BCUT2D eigenvalue weighted by molar-refractivity contribution is 5.97. The van der Waals surface area contributed by atoms with Crippen molar-refractivity contribution in [2.24, 2.45) is 0 Å². The molecule has 102 valence electrons. The van der Waals surface area contributed by atoms with Gasteiger partial charge in [0.05, 0.1) is 5.69 Å². The Morgan fingerprint density at radius 1 is 1.47 bits per heavy atom. The summed E-state index contributed by atoms with van der Waals surface area (Å²) in [5.74, 6) is 0.777. The predicted molar refractivity (Wildman–Crippen MR) is 75.0 cm³/mol. The summed E-state index contributed by atoms with van der Waals surface area (Å²) in [5.41, 5.74) is 1.98. The molecule has 1 aromatic rings. The second-order valence-corrected chi connectivity index (χ2v) is 5.15. The fourth-order valence-electron chi connectivity index (χ4n) is 2.66. The number of carbonyl (C=O) groups excluding carboxylic acids is 1. The fraction of sp³-hybridized carbons (Fsp3) is 0.500. The monoisotopic (exact) mass is 261 g/mol. The van der Waals surface area contributed by atoms with E-state index < -0.39 is 0 Å². The zero-order valence-electron chi connectivity index (χ0n) is 11.3. The van der Waals surface area contributed by atoms with Crippen LogP contribution in [0.25, 0.3) is 0 Å². The molecule has 2 aliphatic heterocycles. The van der Waals surface area contributed by atoms with Crippen LogP contribution in [-0.2, 0) is 4.79 Å². The Balaban J connectivity index is 1.89. The van der Waals surface area contributed by atoms with Crippen LogP contribution in [0.5, 0.6) is 5.75 Å². The lowest BCUT2D eigenvalue weighted by atomic mass is 10.1. The van der Waals surface area contributed by atoms with Gasteiger partial charge < -0.3 is 19.9 Å². The maximum Gasteiger partial charge on any atom is 0.264 e. The summed E-state index contributed by atoms with van der Waals surface area (Å²) >= 11 is 0. The van der Waals surface area contributed by atoms with Gasteiger partial charge in [0.1, 0.15) is 5.75 Å². The molecule has 1 fully saturated rings. The second kappa shape index (κ2) is 4.74. The smallest absolute Gasteiger partial charge is 0.264 e. The van der Waals surface area contributed by atoms with E-state index in [9.17, 15) is 4.79 Å². The molecule has 0 saturated carbocycles. The van der Waals surface area contributed by atoms with E-state index in [1.807, 2.05) is 12.1 Å². The summed E-state index contributed by atoms with van der Waals surface area (Å²) in [7, 11) is 3.90. The lowest BCUT2D eigenvalue weighted by Gasteiger charge is -2.30. The van der Waals surface area contributed by atoms with Crippen molar-refractivity contribution in [3.05, 3.63) is 18.2 Å². The minimum Gasteiger partial charge on any atom is -0.482 e. The van der Waals surface area contributed by atoms with Crippen LogP contribution in [0.3, 0.4) is 0 Å². The van der Waals surface area contributed by atoms with E-state index in [1.54, 1.807) is 11.9 Å². The van der Waals surface area contributed by atoms with E-state index in [4.69, 9.17) is 4.74 Å². The molecular formula is C14H19N3O2. The van der Waals surface area contributed by atoms with Gasteiger partial charge in [0.2, 0.25) is 0 Å². The Labute approximate surface area is 113 Å². The zero-order chi connectivity index (χ0) is 13.4. The van der Waals surface area contributed by atoms with E-state index in [2.05, 4.69) is 23.3 Å². The molecule has 0 aliphatic carbocycles. The zero-order valence-corrected chi connectivity index (χ0v) is 11.3. The third kappa shape index (κ3) is 2.14. The largest absolute Gasteiger partial charge is 0.482 e. The maximum absolute atomic E-state index is 11.7. The van der Waals surface area contributed by atoms with Crippen molar-refractivity contribution < 1.29 is 9.53 Å². The number of nitrogens with zero attached hydrogens (tertiary/aromatic N) is 2. The van der Waals surface area contributed by atoms with Gasteiger partial charge >= 0.3 is 0 Å². The van der Waals surface area contributed by atoms with Gasteiger partial charge in [-0.05, 0) is 31.2 Å². The summed E-state index contributed by atoms with van der Waals surface area (Å²) in [5, 5.41) is 3.37. The van der Waals surface area contributed by atoms with Gasteiger partial charge in [0, 0.05) is 32.4 Å². The Bertz CT molecular complexity index is 497. The molecule has 2 heterocycles. The first-order valence-corrected chi connectivity index (χ1v) is 6.64. The van der Waals surface area contributed by atoms with Gasteiger partial charge in [-0.2, -0.15) is 0 Å². The molecule has 1 N–H and O–H groups in total. The molecule has 1 saturated heterocycles. The molecule has 0 aromatic heterocycles. The molecule has 0 spiro atoms. The van der Waals surface area contributed by atoms with Gasteiger partial charge in [-0.3, -0.25) is 4.79 Å². The summed E-state index contributed by atoms with van der Waals surface area (Å²) in [6.45, 7) is 2.21. The normalized spacial score (nSPS) is 22.1. The average Bonchev–Trinajstić information content (AvgIpc) is 2.96. The molecule has 1 unspecified atom stereocenters. The van der Waals surface area contributed by atoms with Crippen molar-refractivity contribution in [2.45, 2.75) is 12.5 Å². The highest BCUT2D eigenvalue weighted by Crippen LogP contribution is 2.35. The standard InChI is InChI=1S/C14H19N3O2/c1-16(11-5-6-15-8-11)10-3-4-13-12(7-10)17(2)14(18)9-19-13/h3-4,7,11,15H,5-6,8-9H2,1-2H3. The Morgan fingerprint density at radius 2 is 2.32 bits per heavy atom. The van der Waals surface area contributed by atoms with Crippen molar-refractivity contribution >= 4 is 17.3 Å². The van der Waals surface area contributed by atoms with Gasteiger partial charge in [-0.25, -0.2) is 0 Å². The number of hydrogen-bond donors (Lipinski definition) is 1. The first-order chi connectivity index (χ1) is 9.16. The molecule has 3 rings (SSSR count). The fourth-order valence-corrected chi connectivity index (χ4v) is 2.66. The van der Waals surface area contributed by atoms with Crippen LogP contribution < -0.4 is 19.9 Å². The number of ether oxygens (including phenoxy) is 1. The quantitative estimate of drug-likeness (QED) is 0.857. The van der Waals surface area contributed by atoms with E-state index >= 15 is 0 Å². The molecule has 2 aliphatic rings. The summed E-state index contributed by atoms with van der Waals surface area (Å²) in [4.78, 5) is 15.6. The van der Waals surface area contributed by atoms with Crippen LogP contribution in [0.2, 0.25) is 0 Å². The first-order valence-electron chi connectivity index (χ1n) is 6.64. The van der Waals surface area contributed by atoms with E-state index in [0.717, 1.165) is 36.6 Å². The molecule has 5 heteroatoms. The van der Waals surface area contributed by atoms with Crippen LogP contribution >= 0.6 is 0 Å². The topological polar surface area (TPSA) is 44.8 Å². The van der Waals surface area contributed by atoms with Crippen molar-refractivity contribution in [2.75, 3.05) is 43.6 Å². The van der Waals surface area contributed by atoms with Crippen molar-refractivity contribution in [1.82, 2.24) is 5.32 Å². The van der Waals surface area contributed by atoms with Crippen LogP contribution in [-0.4, -0.2) is 45.7 Å². The number of likely N-dealkylation sites (N-methyl/N-ethyl adjacent to an activating group) is 2. The number of hydrogen-bond acceptors (Lipinski definition) is 4. The Morgan fingerprint density at radius 3 is 3.05 bits per heavy atom. The van der Waals surface area contributed by atoms with Crippen LogP contribution in [0, 0.1) is 0 Å². The first kappa shape index (κ1) is 12.3. The number of fused-ring (bicyclic) bond motifs is 1. The average molecular weight is 261 g/mol. The predicted octanol–water partition coefficient (Wildman–Crippen LogP) is 0.840. The number of amides is 1. The maximum atomic E-state index is 11.7. The van der Waals surface area contributed by atoms with Gasteiger partial charge in [0.15, 0.2) is 6.61 Å². The number of nitrogens with one attached hydrogen (secondary N) is 1. The number of anilines is 2. The second-order valence-electron chi connectivity index (χ2n) is 5.15. The highest BCUT2D eigenvalue weighted by atomic mass is 16.5. The van der Waals surface area contributed by atoms with Gasteiger partial charge in [0.25, 0.3) is 5.91 Å². The summed E-state index contributed by atoms with van der Waals surface area (Å²) in [6.07, 6.45) is 1.15. The minimum atomic E-state index is -0.00478. The van der Waals surface area contributed by atoms with Crippen LogP contribution in [0.15, 0.2) is 18.2 Å². The SMILES string of the molecule is CN1C(=O)COc2ccc(N(C)C3CCNC3)cc21. The third-order valence-corrected chi connectivity index (χ3v) is 4.02. The Kier molecular flexibility index (Phi) is 3.06. The van der Waals surface area contributed by atoms with Crippen LogP contribution in [0.1, 0.15) is 6.42 Å². The molecule has 19 heavy (non-hydrogen) atoms. The van der Waals surface area contributed by atoms with E-state index in [0.29, 0.717) is 6.04 Å². The van der Waals surface area contributed by atoms with Gasteiger partial charge in [-0.15, -0.1) is 0 Å². The minimum absolute atomic E-state index is 0.00478. The number of carbonyl (C=O) groups is 1. The van der Waals surface area contributed by atoms with E-state index in [-0.39, 0.29) is 12.5 Å². The molecular weight excluding hydrogens is 242 g/mol. The molecule has 1 amide bonds. The van der Waals surface area contributed by atoms with Crippen molar-refractivity contribution in [3.8, 4) is 5.75 Å². The molecule has 0 radical (unpaired) electrons. The Hall–Kier alpha value is -1.75. The van der Waals surface area contributed by atoms with E-state index in [1.165, 1.54) is 0 Å². The van der Waals surface area contributed by atoms with Crippen LogP contribution in [0.4, 0.5) is 11.4 Å². The van der Waals surface area contributed by atoms with Gasteiger partial charge in [-0.1, -0.05) is 0 Å². The lowest BCUT2D eigenvalue weighted by molar-refractivity contribution is -0.120. The third-order valence-electron chi connectivity index (χ3n) is 4.02. The van der Waals surface area contributed by atoms with Crippen molar-refractivity contribution in [1.29, 1.82) is 0 Å². The molecule has 1 aromatic carbocycles. The lowest BCUT2D eigenvalue weighted by Crippen LogP contribution is -2.36. The number of benzene rings is 1.